The zero-order valence-corrected chi connectivity index (χ0v) is 13.7. The molecular weight excluding hydrogens is 284 g/mol. The van der Waals surface area contributed by atoms with Crippen LogP contribution in [0.2, 0.25) is 0 Å². The Balaban J connectivity index is 2.39. The molecule has 1 aromatic carbocycles. The van der Waals surface area contributed by atoms with Gasteiger partial charge in [0.25, 0.3) is 0 Å². The second kappa shape index (κ2) is 6.10. The Morgan fingerprint density at radius 2 is 1.90 bits per heavy atom. The van der Waals surface area contributed by atoms with Crippen LogP contribution < -0.4 is 5.32 Å². The number of hydrogen-bond acceptors (Lipinski definition) is 3. The van der Waals surface area contributed by atoms with Gasteiger partial charge in [-0.1, -0.05) is 37.3 Å². The molecule has 5 heteroatoms. The molecule has 2 rings (SSSR count). The average Bonchev–Trinajstić information content (AvgIpc) is 2.45. The Kier molecular flexibility index (Phi) is 4.61. The van der Waals surface area contributed by atoms with Gasteiger partial charge in [0.15, 0.2) is 0 Å². The van der Waals surface area contributed by atoms with Crippen molar-refractivity contribution in [2.45, 2.75) is 37.6 Å². The maximum atomic E-state index is 12.7. The molecule has 1 aliphatic heterocycles. The van der Waals surface area contributed by atoms with E-state index in [0.717, 1.165) is 5.56 Å². The lowest BCUT2D eigenvalue weighted by Gasteiger charge is -2.43. The van der Waals surface area contributed by atoms with Gasteiger partial charge in [0.05, 0.1) is 0 Å². The van der Waals surface area contributed by atoms with E-state index >= 15 is 0 Å². The van der Waals surface area contributed by atoms with Crippen LogP contribution in [0.15, 0.2) is 30.3 Å². The van der Waals surface area contributed by atoms with Crippen molar-refractivity contribution in [3.63, 3.8) is 0 Å². The molecular formula is C16H22N2O2S. The van der Waals surface area contributed by atoms with Gasteiger partial charge in [0.1, 0.15) is 11.6 Å². The summed E-state index contributed by atoms with van der Waals surface area (Å²) in [5, 5.41) is 3.12. The number of nitrogens with one attached hydrogen (secondary N) is 1. The molecule has 2 unspecified atom stereocenters. The van der Waals surface area contributed by atoms with Crippen LogP contribution >= 0.6 is 11.8 Å². The highest BCUT2D eigenvalue weighted by Crippen LogP contribution is 2.30. The van der Waals surface area contributed by atoms with Gasteiger partial charge in [-0.15, -0.1) is 0 Å². The quantitative estimate of drug-likeness (QED) is 0.928. The van der Waals surface area contributed by atoms with Crippen molar-refractivity contribution in [1.29, 1.82) is 0 Å². The summed E-state index contributed by atoms with van der Waals surface area (Å²) in [5.41, 5.74) is 0.00711. The molecule has 0 spiro atoms. The molecule has 1 N–H and O–H groups in total. The summed E-state index contributed by atoms with van der Waals surface area (Å²) < 4.78 is 0. The lowest BCUT2D eigenvalue weighted by atomic mass is 9.93. The molecule has 0 aliphatic carbocycles. The number of carbonyl (C=O) groups excluding carboxylic acids is 2. The number of amides is 2. The predicted octanol–water partition coefficient (Wildman–Crippen LogP) is 2.22. The Hall–Kier alpha value is -1.49. The molecule has 21 heavy (non-hydrogen) atoms. The number of hydrogen-bond donors (Lipinski definition) is 1. The molecule has 0 saturated carbocycles. The molecule has 1 heterocycles. The third kappa shape index (κ3) is 3.23. The third-order valence-electron chi connectivity index (χ3n) is 3.76. The largest absolute Gasteiger partial charge is 0.340 e. The fraction of sp³-hybridized carbons (Fsp3) is 0.500. The average molecular weight is 306 g/mol. The number of thioether (sulfide) groups is 1. The maximum absolute atomic E-state index is 12.7. The Labute approximate surface area is 130 Å². The third-order valence-corrected chi connectivity index (χ3v) is 4.72. The van der Waals surface area contributed by atoms with Crippen molar-refractivity contribution < 1.29 is 9.59 Å². The summed E-state index contributed by atoms with van der Waals surface area (Å²) >= 11 is 1.69. The van der Waals surface area contributed by atoms with Crippen LogP contribution in [0.4, 0.5) is 0 Å². The molecule has 114 valence electrons. The zero-order valence-electron chi connectivity index (χ0n) is 12.9. The fourth-order valence-corrected chi connectivity index (χ4v) is 2.86. The molecule has 0 radical (unpaired) electrons. The van der Waals surface area contributed by atoms with E-state index in [4.69, 9.17) is 0 Å². The molecule has 1 aliphatic rings. The standard InChI is InChI=1S/C16H22N2O2S/c1-11(21-4)10-18-13(12-8-6-5-7-9-12)14(19)17-16(2,3)15(18)20/h5-9,11,13H,10H2,1-4H3,(H,17,19). The van der Waals surface area contributed by atoms with E-state index in [2.05, 4.69) is 12.2 Å². The van der Waals surface area contributed by atoms with Gasteiger partial charge in [-0.2, -0.15) is 11.8 Å². The highest BCUT2D eigenvalue weighted by atomic mass is 32.2. The smallest absolute Gasteiger partial charge is 0.248 e. The minimum atomic E-state index is -0.847. The van der Waals surface area contributed by atoms with E-state index in [1.54, 1.807) is 30.5 Å². The van der Waals surface area contributed by atoms with Crippen molar-refractivity contribution in [2.75, 3.05) is 12.8 Å². The first-order valence-electron chi connectivity index (χ1n) is 7.07. The Bertz CT molecular complexity index is 530. The summed E-state index contributed by atoms with van der Waals surface area (Å²) in [7, 11) is 0. The van der Waals surface area contributed by atoms with Crippen molar-refractivity contribution in [3.05, 3.63) is 35.9 Å². The summed E-state index contributed by atoms with van der Waals surface area (Å²) in [6.07, 6.45) is 2.02. The van der Waals surface area contributed by atoms with Crippen LogP contribution in [-0.2, 0) is 9.59 Å². The van der Waals surface area contributed by atoms with Crippen LogP contribution in [0.1, 0.15) is 32.4 Å². The Morgan fingerprint density at radius 3 is 2.48 bits per heavy atom. The lowest BCUT2D eigenvalue weighted by molar-refractivity contribution is -0.153. The molecule has 2 atom stereocenters. The minimum absolute atomic E-state index is 0.0307. The maximum Gasteiger partial charge on any atom is 0.248 e. The van der Waals surface area contributed by atoms with Crippen LogP contribution in [0, 0.1) is 0 Å². The van der Waals surface area contributed by atoms with Crippen LogP contribution in [0.25, 0.3) is 0 Å². The molecule has 1 fully saturated rings. The second-order valence-electron chi connectivity index (χ2n) is 5.93. The molecule has 1 saturated heterocycles. The number of carbonyl (C=O) groups is 2. The van der Waals surface area contributed by atoms with Crippen molar-refractivity contribution in [3.8, 4) is 0 Å². The number of benzene rings is 1. The van der Waals surface area contributed by atoms with Gasteiger partial charge in [0, 0.05) is 11.8 Å². The number of nitrogens with zero attached hydrogens (tertiary/aromatic N) is 1. The van der Waals surface area contributed by atoms with E-state index < -0.39 is 11.6 Å². The number of rotatable bonds is 4. The molecule has 0 bridgehead atoms. The van der Waals surface area contributed by atoms with Gasteiger partial charge in [0.2, 0.25) is 11.8 Å². The highest BCUT2D eigenvalue weighted by Gasteiger charge is 2.45. The Morgan fingerprint density at radius 1 is 1.29 bits per heavy atom. The monoisotopic (exact) mass is 306 g/mol. The first-order valence-corrected chi connectivity index (χ1v) is 8.36. The van der Waals surface area contributed by atoms with E-state index in [0.29, 0.717) is 6.54 Å². The molecule has 0 aromatic heterocycles. The molecule has 1 aromatic rings. The van der Waals surface area contributed by atoms with E-state index in [9.17, 15) is 9.59 Å². The first kappa shape index (κ1) is 15.9. The van der Waals surface area contributed by atoms with Crippen molar-refractivity contribution >= 4 is 23.6 Å². The molecule has 2 amide bonds. The van der Waals surface area contributed by atoms with E-state index in [-0.39, 0.29) is 17.1 Å². The summed E-state index contributed by atoms with van der Waals surface area (Å²) in [6.45, 7) is 6.15. The van der Waals surface area contributed by atoms with Gasteiger partial charge < -0.3 is 10.2 Å². The van der Waals surface area contributed by atoms with E-state index in [1.807, 2.05) is 36.6 Å². The van der Waals surface area contributed by atoms with Crippen molar-refractivity contribution in [1.82, 2.24) is 10.2 Å². The summed E-state index contributed by atoms with van der Waals surface area (Å²) in [5.74, 6) is -0.143. The predicted molar refractivity (Wildman–Crippen MR) is 86.1 cm³/mol. The summed E-state index contributed by atoms with van der Waals surface area (Å²) in [4.78, 5) is 27.0. The highest BCUT2D eigenvalue weighted by molar-refractivity contribution is 7.99. The topological polar surface area (TPSA) is 49.4 Å². The van der Waals surface area contributed by atoms with Crippen molar-refractivity contribution in [2.24, 2.45) is 0 Å². The minimum Gasteiger partial charge on any atom is -0.340 e. The van der Waals surface area contributed by atoms with Crippen LogP contribution in [0.5, 0.6) is 0 Å². The van der Waals surface area contributed by atoms with Gasteiger partial charge >= 0.3 is 0 Å². The lowest BCUT2D eigenvalue weighted by Crippen LogP contribution is -2.65. The SMILES string of the molecule is CSC(C)CN1C(=O)C(C)(C)NC(=O)C1c1ccccc1. The fourth-order valence-electron chi connectivity index (χ4n) is 2.55. The zero-order chi connectivity index (χ0) is 15.6. The van der Waals surface area contributed by atoms with Crippen LogP contribution in [0.3, 0.4) is 0 Å². The second-order valence-corrected chi connectivity index (χ2v) is 7.21. The van der Waals surface area contributed by atoms with Gasteiger partial charge in [-0.3, -0.25) is 9.59 Å². The number of piperazine rings is 1. The normalized spacial score (nSPS) is 22.9. The first-order chi connectivity index (χ1) is 9.86. The van der Waals surface area contributed by atoms with E-state index in [1.165, 1.54) is 0 Å². The van der Waals surface area contributed by atoms with Crippen LogP contribution in [-0.4, -0.2) is 40.3 Å². The van der Waals surface area contributed by atoms with Gasteiger partial charge in [-0.25, -0.2) is 0 Å². The molecule has 4 nitrogen and oxygen atoms in total. The summed E-state index contributed by atoms with van der Waals surface area (Å²) in [6, 6.07) is 8.94. The van der Waals surface area contributed by atoms with Gasteiger partial charge in [-0.05, 0) is 25.7 Å².